The van der Waals surface area contributed by atoms with Crippen molar-refractivity contribution in [3.05, 3.63) is 46.5 Å². The second-order valence-corrected chi connectivity index (χ2v) is 4.21. The molecule has 0 saturated heterocycles. The number of para-hydroxylation sites is 1. The quantitative estimate of drug-likeness (QED) is 0.874. The van der Waals surface area contributed by atoms with Gasteiger partial charge in [0.25, 0.3) is 0 Å². The molecule has 0 aliphatic heterocycles. The number of aromatic nitrogens is 2. The zero-order valence-corrected chi connectivity index (χ0v) is 11.2. The van der Waals surface area contributed by atoms with Crippen molar-refractivity contribution in [2.75, 3.05) is 12.4 Å². The summed E-state index contributed by atoms with van der Waals surface area (Å²) in [6.07, 6.45) is 1.32. The van der Waals surface area contributed by atoms with Gasteiger partial charge in [-0.1, -0.05) is 41.4 Å². The van der Waals surface area contributed by atoms with Gasteiger partial charge in [-0.25, -0.2) is 9.97 Å². The highest BCUT2D eigenvalue weighted by Crippen LogP contribution is 2.27. The third-order valence-corrected chi connectivity index (χ3v) is 2.98. The number of nitrogens with one attached hydrogen (secondary N) is 1. The Bertz CT molecular complexity index is 528. The van der Waals surface area contributed by atoms with E-state index >= 15 is 0 Å². The molecule has 1 aromatic carbocycles. The number of ether oxygens (including phenoxy) is 1. The van der Waals surface area contributed by atoms with Crippen LogP contribution in [0.2, 0.25) is 10.3 Å². The van der Waals surface area contributed by atoms with Gasteiger partial charge >= 0.3 is 0 Å². The average molecular weight is 284 g/mol. The van der Waals surface area contributed by atoms with E-state index in [-0.39, 0.29) is 0 Å². The third-order valence-electron chi connectivity index (χ3n) is 2.40. The first-order valence-corrected chi connectivity index (χ1v) is 5.99. The highest BCUT2D eigenvalue weighted by molar-refractivity contribution is 6.37. The van der Waals surface area contributed by atoms with E-state index in [9.17, 15) is 0 Å². The van der Waals surface area contributed by atoms with Crippen LogP contribution in [0.4, 0.5) is 5.69 Å². The van der Waals surface area contributed by atoms with Gasteiger partial charge in [-0.2, -0.15) is 0 Å². The lowest BCUT2D eigenvalue weighted by Gasteiger charge is -2.11. The van der Waals surface area contributed by atoms with Gasteiger partial charge < -0.3 is 10.1 Å². The molecule has 6 heteroatoms. The Morgan fingerprint density at radius 1 is 1.17 bits per heavy atom. The lowest BCUT2D eigenvalue weighted by molar-refractivity contribution is 0.410. The van der Waals surface area contributed by atoms with Crippen LogP contribution in [-0.2, 0) is 6.54 Å². The minimum absolute atomic E-state index is 0.296. The van der Waals surface area contributed by atoms with E-state index in [1.807, 2.05) is 24.3 Å². The maximum atomic E-state index is 5.94. The molecular formula is C12H11Cl2N3O. The summed E-state index contributed by atoms with van der Waals surface area (Å²) in [6, 6.07) is 7.69. The van der Waals surface area contributed by atoms with Crippen molar-refractivity contribution < 1.29 is 4.74 Å². The van der Waals surface area contributed by atoms with Crippen LogP contribution in [0, 0.1) is 0 Å². The molecule has 1 aromatic heterocycles. The number of rotatable bonds is 4. The highest BCUT2D eigenvalue weighted by Gasteiger charge is 2.08. The lowest BCUT2D eigenvalue weighted by Crippen LogP contribution is -2.03. The first-order valence-electron chi connectivity index (χ1n) is 5.24. The van der Waals surface area contributed by atoms with Crippen LogP contribution in [0.15, 0.2) is 30.6 Å². The topological polar surface area (TPSA) is 47.0 Å². The average Bonchev–Trinajstić information content (AvgIpc) is 2.38. The Hall–Kier alpha value is -1.52. The molecule has 0 aliphatic rings. The maximum Gasteiger partial charge on any atom is 0.157 e. The maximum absolute atomic E-state index is 5.94. The molecule has 0 bridgehead atoms. The predicted octanol–water partition coefficient (Wildman–Crippen LogP) is 3.40. The zero-order valence-electron chi connectivity index (χ0n) is 9.65. The van der Waals surface area contributed by atoms with Crippen LogP contribution in [0.3, 0.4) is 0 Å². The van der Waals surface area contributed by atoms with Crippen molar-refractivity contribution in [1.82, 2.24) is 9.97 Å². The van der Waals surface area contributed by atoms with Crippen molar-refractivity contribution >= 4 is 28.9 Å². The van der Waals surface area contributed by atoms with Crippen LogP contribution in [-0.4, -0.2) is 17.1 Å². The van der Waals surface area contributed by atoms with Crippen molar-refractivity contribution in [1.29, 1.82) is 0 Å². The largest absolute Gasteiger partial charge is 0.496 e. The van der Waals surface area contributed by atoms with E-state index in [2.05, 4.69) is 15.3 Å². The summed E-state index contributed by atoms with van der Waals surface area (Å²) in [6.45, 7) is 0.525. The van der Waals surface area contributed by atoms with Crippen LogP contribution in [0.5, 0.6) is 5.75 Å². The van der Waals surface area contributed by atoms with E-state index in [1.54, 1.807) is 7.11 Å². The molecule has 0 amide bonds. The molecule has 18 heavy (non-hydrogen) atoms. The summed E-state index contributed by atoms with van der Waals surface area (Å²) in [5, 5.41) is 3.70. The summed E-state index contributed by atoms with van der Waals surface area (Å²) >= 11 is 11.9. The molecule has 0 atom stereocenters. The molecule has 94 valence electrons. The van der Waals surface area contributed by atoms with Gasteiger partial charge in [0.05, 0.1) is 7.11 Å². The number of hydrogen-bond donors (Lipinski definition) is 1. The number of hydrogen-bond acceptors (Lipinski definition) is 4. The van der Waals surface area contributed by atoms with Gasteiger partial charge in [0.2, 0.25) is 0 Å². The molecule has 2 aromatic rings. The normalized spacial score (nSPS) is 10.2. The van der Waals surface area contributed by atoms with Crippen molar-refractivity contribution in [3.63, 3.8) is 0 Å². The molecule has 1 N–H and O–H groups in total. The first-order chi connectivity index (χ1) is 8.72. The Labute approximate surface area is 115 Å². The molecule has 4 nitrogen and oxygen atoms in total. The van der Waals surface area contributed by atoms with Crippen LogP contribution in [0.25, 0.3) is 0 Å². The first kappa shape index (κ1) is 12.9. The zero-order chi connectivity index (χ0) is 13.0. The van der Waals surface area contributed by atoms with Gasteiger partial charge in [0.15, 0.2) is 10.3 Å². The van der Waals surface area contributed by atoms with E-state index in [0.717, 1.165) is 11.3 Å². The highest BCUT2D eigenvalue weighted by atomic mass is 35.5. The Morgan fingerprint density at radius 2 is 1.83 bits per heavy atom. The molecular weight excluding hydrogens is 273 g/mol. The molecule has 0 unspecified atom stereocenters. The van der Waals surface area contributed by atoms with Crippen molar-refractivity contribution in [2.24, 2.45) is 0 Å². The summed E-state index contributed by atoms with van der Waals surface area (Å²) < 4.78 is 5.26. The van der Waals surface area contributed by atoms with E-state index < -0.39 is 0 Å². The molecule has 2 rings (SSSR count). The fourth-order valence-corrected chi connectivity index (χ4v) is 1.97. The monoisotopic (exact) mass is 283 g/mol. The Morgan fingerprint density at radius 3 is 2.50 bits per heavy atom. The summed E-state index contributed by atoms with van der Waals surface area (Å²) in [5.41, 5.74) is 1.52. The molecule has 1 heterocycles. The van der Waals surface area contributed by atoms with Crippen LogP contribution < -0.4 is 10.1 Å². The SMILES string of the molecule is COc1ccccc1CNc1c(Cl)ncnc1Cl. The fourth-order valence-electron chi connectivity index (χ4n) is 1.52. The van der Waals surface area contributed by atoms with Crippen molar-refractivity contribution in [2.45, 2.75) is 6.54 Å². The molecule has 0 fully saturated rings. The minimum atomic E-state index is 0.296. The van der Waals surface area contributed by atoms with Crippen molar-refractivity contribution in [3.8, 4) is 5.75 Å². The second-order valence-electron chi connectivity index (χ2n) is 3.50. The van der Waals surface area contributed by atoms with Gasteiger partial charge in [-0.3, -0.25) is 0 Å². The van der Waals surface area contributed by atoms with E-state index in [1.165, 1.54) is 6.33 Å². The summed E-state index contributed by atoms with van der Waals surface area (Å²) in [4.78, 5) is 7.74. The molecule has 0 aliphatic carbocycles. The van der Waals surface area contributed by atoms with Gasteiger partial charge in [0.1, 0.15) is 17.8 Å². The minimum Gasteiger partial charge on any atom is -0.496 e. The van der Waals surface area contributed by atoms with Crippen LogP contribution >= 0.6 is 23.2 Å². The van der Waals surface area contributed by atoms with Gasteiger partial charge in [0, 0.05) is 12.1 Å². The molecule has 0 spiro atoms. The van der Waals surface area contributed by atoms with Gasteiger partial charge in [-0.15, -0.1) is 0 Å². The Kier molecular flexibility index (Phi) is 4.23. The fraction of sp³-hybridized carbons (Fsp3) is 0.167. The molecule has 0 radical (unpaired) electrons. The lowest BCUT2D eigenvalue weighted by atomic mass is 10.2. The number of methoxy groups -OCH3 is 1. The summed E-state index contributed by atoms with van der Waals surface area (Å²) in [5.74, 6) is 0.800. The molecule has 0 saturated carbocycles. The van der Waals surface area contributed by atoms with Crippen LogP contribution in [0.1, 0.15) is 5.56 Å². The number of anilines is 1. The Balaban J connectivity index is 2.16. The van der Waals surface area contributed by atoms with E-state index in [0.29, 0.717) is 22.5 Å². The standard InChI is InChI=1S/C12H11Cl2N3O/c1-18-9-5-3-2-4-8(9)6-15-10-11(13)16-7-17-12(10)14/h2-5,7,15H,6H2,1H3. The number of nitrogens with zero attached hydrogens (tertiary/aromatic N) is 2. The second kappa shape index (κ2) is 5.89. The third kappa shape index (κ3) is 2.83. The summed E-state index contributed by atoms with van der Waals surface area (Å²) in [7, 11) is 1.63. The van der Waals surface area contributed by atoms with E-state index in [4.69, 9.17) is 27.9 Å². The number of halogens is 2. The smallest absolute Gasteiger partial charge is 0.157 e. The number of benzene rings is 1. The van der Waals surface area contributed by atoms with Gasteiger partial charge in [-0.05, 0) is 6.07 Å². The predicted molar refractivity (Wildman–Crippen MR) is 72.4 cm³/mol.